The zero-order valence-electron chi connectivity index (χ0n) is 12.0. The number of hydrogen-bond acceptors (Lipinski definition) is 5. The Labute approximate surface area is 122 Å². The average molecular weight is 294 g/mol. The van der Waals surface area contributed by atoms with Crippen LogP contribution in [0.1, 0.15) is 13.3 Å². The summed E-state index contributed by atoms with van der Waals surface area (Å²) in [5, 5.41) is 19.8. The van der Waals surface area contributed by atoms with Crippen LogP contribution < -0.4 is 9.64 Å². The van der Waals surface area contributed by atoms with Crippen LogP contribution in [0.5, 0.6) is 5.75 Å². The van der Waals surface area contributed by atoms with Gasteiger partial charge in [-0.2, -0.15) is 0 Å². The molecule has 1 aromatic carbocycles. The van der Waals surface area contributed by atoms with Gasteiger partial charge < -0.3 is 14.7 Å². The van der Waals surface area contributed by atoms with Crippen LogP contribution >= 0.6 is 0 Å². The van der Waals surface area contributed by atoms with E-state index >= 15 is 0 Å². The van der Waals surface area contributed by atoms with E-state index in [0.29, 0.717) is 12.2 Å². The number of nitro groups is 1. The highest BCUT2D eigenvalue weighted by Crippen LogP contribution is 2.31. The normalized spacial score (nSPS) is 10.0. The SMILES string of the molecule is C=C(C)CN(CCC(=O)O)c1ccc(OC)c([N+](=O)[O-])c1. The molecule has 0 aliphatic rings. The van der Waals surface area contributed by atoms with Crippen LogP contribution in [0.3, 0.4) is 0 Å². The van der Waals surface area contributed by atoms with Gasteiger partial charge in [-0.1, -0.05) is 12.2 Å². The molecule has 1 aromatic rings. The van der Waals surface area contributed by atoms with Gasteiger partial charge in [0, 0.05) is 24.8 Å². The van der Waals surface area contributed by atoms with Crippen molar-refractivity contribution in [3.05, 3.63) is 40.5 Å². The maximum atomic E-state index is 11.0. The van der Waals surface area contributed by atoms with E-state index in [1.54, 1.807) is 11.0 Å². The summed E-state index contributed by atoms with van der Waals surface area (Å²) in [5.41, 5.74) is 1.24. The largest absolute Gasteiger partial charge is 0.490 e. The Morgan fingerprint density at radius 2 is 2.19 bits per heavy atom. The Bertz CT molecular complexity index is 556. The molecule has 0 aromatic heterocycles. The van der Waals surface area contributed by atoms with Gasteiger partial charge in [0.15, 0.2) is 5.75 Å². The van der Waals surface area contributed by atoms with Crippen LogP contribution in [0.4, 0.5) is 11.4 Å². The molecule has 0 radical (unpaired) electrons. The lowest BCUT2D eigenvalue weighted by Crippen LogP contribution is -2.27. The van der Waals surface area contributed by atoms with E-state index in [2.05, 4.69) is 6.58 Å². The molecule has 114 valence electrons. The molecule has 0 atom stereocenters. The molecule has 0 aliphatic carbocycles. The lowest BCUT2D eigenvalue weighted by molar-refractivity contribution is -0.385. The number of nitrogens with zero attached hydrogens (tertiary/aromatic N) is 2. The molecule has 7 nitrogen and oxygen atoms in total. The quantitative estimate of drug-likeness (QED) is 0.450. The predicted octanol–water partition coefficient (Wildman–Crippen LogP) is 2.46. The van der Waals surface area contributed by atoms with Gasteiger partial charge in [-0.3, -0.25) is 14.9 Å². The van der Waals surface area contributed by atoms with Gasteiger partial charge in [-0.15, -0.1) is 0 Å². The number of anilines is 1. The Balaban J connectivity index is 3.11. The molecular weight excluding hydrogens is 276 g/mol. The van der Waals surface area contributed by atoms with Crippen LogP contribution in [0.15, 0.2) is 30.4 Å². The first-order chi connectivity index (χ1) is 9.85. The fourth-order valence-corrected chi connectivity index (χ4v) is 1.87. The smallest absolute Gasteiger partial charge is 0.312 e. The number of hydrogen-bond donors (Lipinski definition) is 1. The van der Waals surface area contributed by atoms with Gasteiger partial charge in [0.2, 0.25) is 0 Å². The zero-order valence-corrected chi connectivity index (χ0v) is 12.0. The van der Waals surface area contributed by atoms with Crippen molar-refractivity contribution in [2.75, 3.05) is 25.1 Å². The lowest BCUT2D eigenvalue weighted by Gasteiger charge is -2.24. The highest BCUT2D eigenvalue weighted by atomic mass is 16.6. The third-order valence-corrected chi connectivity index (χ3v) is 2.78. The van der Waals surface area contributed by atoms with Crippen molar-refractivity contribution in [3.63, 3.8) is 0 Å². The van der Waals surface area contributed by atoms with E-state index in [4.69, 9.17) is 9.84 Å². The molecular formula is C14H18N2O5. The molecule has 21 heavy (non-hydrogen) atoms. The van der Waals surface area contributed by atoms with E-state index in [9.17, 15) is 14.9 Å². The third-order valence-electron chi connectivity index (χ3n) is 2.78. The molecule has 0 saturated heterocycles. The van der Waals surface area contributed by atoms with Crippen LogP contribution in [0.25, 0.3) is 0 Å². The number of methoxy groups -OCH3 is 1. The van der Waals surface area contributed by atoms with E-state index in [1.807, 2.05) is 6.92 Å². The Kier molecular flexibility index (Phi) is 5.71. The maximum absolute atomic E-state index is 11.0. The van der Waals surface area contributed by atoms with Gasteiger partial charge in [-0.05, 0) is 19.1 Å². The van der Waals surface area contributed by atoms with Crippen molar-refractivity contribution in [2.45, 2.75) is 13.3 Å². The second-order valence-electron chi connectivity index (χ2n) is 4.64. The number of ether oxygens (including phenoxy) is 1. The van der Waals surface area contributed by atoms with Crippen LogP contribution in [-0.2, 0) is 4.79 Å². The highest BCUT2D eigenvalue weighted by Gasteiger charge is 2.18. The molecule has 7 heteroatoms. The molecule has 0 amide bonds. The maximum Gasteiger partial charge on any atom is 0.312 e. The summed E-state index contributed by atoms with van der Waals surface area (Å²) in [7, 11) is 1.36. The summed E-state index contributed by atoms with van der Waals surface area (Å²) >= 11 is 0. The molecule has 0 bridgehead atoms. The third kappa shape index (κ3) is 4.79. The molecule has 0 saturated carbocycles. The van der Waals surface area contributed by atoms with Crippen molar-refractivity contribution in [1.82, 2.24) is 0 Å². The van der Waals surface area contributed by atoms with Crippen LogP contribution in [0.2, 0.25) is 0 Å². The number of aliphatic carboxylic acids is 1. The number of carbonyl (C=O) groups is 1. The Morgan fingerprint density at radius 3 is 2.67 bits per heavy atom. The standard InChI is InChI=1S/C14H18N2O5/c1-10(2)9-15(7-6-14(17)18)11-4-5-13(21-3)12(8-11)16(19)20/h4-5,8H,1,6-7,9H2,2-3H3,(H,17,18). The lowest BCUT2D eigenvalue weighted by atomic mass is 10.2. The number of carboxylic acids is 1. The van der Waals surface area contributed by atoms with Gasteiger partial charge >= 0.3 is 11.7 Å². The summed E-state index contributed by atoms with van der Waals surface area (Å²) in [6.07, 6.45) is -0.0624. The minimum atomic E-state index is -0.926. The first-order valence-electron chi connectivity index (χ1n) is 6.28. The summed E-state index contributed by atoms with van der Waals surface area (Å²) < 4.78 is 4.95. The van der Waals surface area contributed by atoms with Crippen molar-refractivity contribution < 1.29 is 19.6 Å². The second-order valence-corrected chi connectivity index (χ2v) is 4.64. The fraction of sp³-hybridized carbons (Fsp3) is 0.357. The molecule has 1 N–H and O–H groups in total. The van der Waals surface area contributed by atoms with Gasteiger partial charge in [0.05, 0.1) is 18.5 Å². The number of carboxylic acid groups (broad SMARTS) is 1. The van der Waals surface area contributed by atoms with Crippen LogP contribution in [0, 0.1) is 10.1 Å². The first kappa shape index (κ1) is 16.5. The van der Waals surface area contributed by atoms with E-state index < -0.39 is 10.9 Å². The predicted molar refractivity (Wildman–Crippen MR) is 78.9 cm³/mol. The second kappa shape index (κ2) is 7.28. The summed E-state index contributed by atoms with van der Waals surface area (Å²) in [5.74, 6) is -0.762. The van der Waals surface area contributed by atoms with E-state index in [-0.39, 0.29) is 24.4 Å². The molecule has 0 heterocycles. The van der Waals surface area contributed by atoms with Gasteiger partial charge in [0.25, 0.3) is 0 Å². The van der Waals surface area contributed by atoms with Crippen molar-refractivity contribution in [3.8, 4) is 5.75 Å². The first-order valence-corrected chi connectivity index (χ1v) is 6.28. The van der Waals surface area contributed by atoms with Gasteiger partial charge in [-0.25, -0.2) is 0 Å². The molecule has 0 aliphatic heterocycles. The zero-order chi connectivity index (χ0) is 16.0. The molecule has 0 fully saturated rings. The van der Waals surface area contributed by atoms with Crippen LogP contribution in [-0.4, -0.2) is 36.2 Å². The Hall–Kier alpha value is -2.57. The summed E-state index contributed by atoms with van der Waals surface area (Å²) in [6, 6.07) is 4.54. The number of nitro benzene ring substituents is 1. The topological polar surface area (TPSA) is 92.9 Å². The van der Waals surface area contributed by atoms with Crippen molar-refractivity contribution >= 4 is 17.3 Å². The summed E-state index contributed by atoms with van der Waals surface area (Å²) in [4.78, 5) is 23.0. The van der Waals surface area contributed by atoms with E-state index in [0.717, 1.165) is 5.57 Å². The Morgan fingerprint density at radius 1 is 1.52 bits per heavy atom. The number of benzene rings is 1. The fourth-order valence-electron chi connectivity index (χ4n) is 1.87. The molecule has 0 unspecified atom stereocenters. The summed E-state index contributed by atoms with van der Waals surface area (Å²) in [6.45, 7) is 6.27. The molecule has 0 spiro atoms. The van der Waals surface area contributed by atoms with Crippen molar-refractivity contribution in [1.29, 1.82) is 0 Å². The van der Waals surface area contributed by atoms with Crippen molar-refractivity contribution in [2.24, 2.45) is 0 Å². The average Bonchev–Trinajstić information content (AvgIpc) is 2.42. The van der Waals surface area contributed by atoms with E-state index in [1.165, 1.54) is 19.2 Å². The number of rotatable bonds is 8. The van der Waals surface area contributed by atoms with Gasteiger partial charge in [0.1, 0.15) is 0 Å². The minimum Gasteiger partial charge on any atom is -0.490 e. The minimum absolute atomic E-state index is 0.0624. The highest BCUT2D eigenvalue weighted by molar-refractivity contribution is 5.68. The monoisotopic (exact) mass is 294 g/mol. The molecule has 1 rings (SSSR count).